The summed E-state index contributed by atoms with van der Waals surface area (Å²) in [6.45, 7) is 9.09. The molecule has 1 aromatic carbocycles. The number of hydrogen-bond donors (Lipinski definition) is 0. The van der Waals surface area contributed by atoms with Crippen LogP contribution < -0.4 is 0 Å². The number of aryl methyl sites for hydroxylation is 2. The summed E-state index contributed by atoms with van der Waals surface area (Å²) in [6.07, 6.45) is 6.92. The van der Waals surface area contributed by atoms with Crippen molar-refractivity contribution in [3.05, 3.63) is 70.8 Å². The lowest BCUT2D eigenvalue weighted by Crippen LogP contribution is -2.29. The highest BCUT2D eigenvalue weighted by Crippen LogP contribution is 2.41. The van der Waals surface area contributed by atoms with Crippen molar-refractivity contribution >= 4 is 17.2 Å². The number of halogens is 1. The second-order valence-electron chi connectivity index (χ2n) is 9.64. The van der Waals surface area contributed by atoms with E-state index in [1.165, 1.54) is 11.3 Å². The van der Waals surface area contributed by atoms with Crippen molar-refractivity contribution in [2.45, 2.75) is 47.0 Å². The van der Waals surface area contributed by atoms with Gasteiger partial charge in [-0.3, -0.25) is 4.98 Å². The van der Waals surface area contributed by atoms with Crippen LogP contribution in [0.3, 0.4) is 0 Å². The minimum absolute atomic E-state index is 0.257. The molecule has 4 aromatic rings. The van der Waals surface area contributed by atoms with Crippen LogP contribution in [0.15, 0.2) is 48.8 Å². The molecule has 0 amide bonds. The number of fused-ring (bicyclic) bond motifs is 3. The van der Waals surface area contributed by atoms with Gasteiger partial charge in [0, 0.05) is 39.8 Å². The van der Waals surface area contributed by atoms with Gasteiger partial charge in [0.2, 0.25) is 0 Å². The molecule has 0 radical (unpaired) electrons. The van der Waals surface area contributed by atoms with Gasteiger partial charge in [-0.05, 0) is 67.3 Å². The molecule has 0 fully saturated rings. The highest BCUT2D eigenvalue weighted by molar-refractivity contribution is 6.30. The molecule has 4 nitrogen and oxygen atoms in total. The van der Waals surface area contributed by atoms with Crippen LogP contribution >= 0.6 is 11.6 Å². The predicted molar refractivity (Wildman–Crippen MR) is 126 cm³/mol. The second kappa shape index (κ2) is 7.45. The van der Waals surface area contributed by atoms with E-state index < -0.39 is 0 Å². The van der Waals surface area contributed by atoms with Crippen LogP contribution in [0.25, 0.3) is 28.0 Å². The van der Waals surface area contributed by atoms with E-state index in [-0.39, 0.29) is 5.41 Å². The van der Waals surface area contributed by atoms with E-state index in [1.54, 1.807) is 0 Å². The van der Waals surface area contributed by atoms with Crippen LogP contribution in [-0.2, 0) is 12.8 Å². The van der Waals surface area contributed by atoms with Crippen LogP contribution in [0.5, 0.6) is 0 Å². The number of benzene rings is 1. The Morgan fingerprint density at radius 3 is 2.52 bits per heavy atom. The zero-order valence-corrected chi connectivity index (χ0v) is 19.2. The summed E-state index contributed by atoms with van der Waals surface area (Å²) in [7, 11) is 0. The van der Waals surface area contributed by atoms with Gasteiger partial charge in [-0.15, -0.1) is 0 Å². The first-order chi connectivity index (χ1) is 14.8. The highest BCUT2D eigenvalue weighted by atomic mass is 35.5. The fourth-order valence-corrected chi connectivity index (χ4v) is 4.94. The average Bonchev–Trinajstić information content (AvgIpc) is 3.09. The summed E-state index contributed by atoms with van der Waals surface area (Å²) in [5, 5.41) is 5.68. The smallest absolute Gasteiger partial charge is 0.164 e. The maximum atomic E-state index is 6.14. The third-order valence-corrected chi connectivity index (χ3v) is 6.87. The van der Waals surface area contributed by atoms with E-state index in [9.17, 15) is 0 Å². The lowest BCUT2D eigenvalue weighted by atomic mass is 9.71. The minimum atomic E-state index is 0.257. The van der Waals surface area contributed by atoms with Crippen molar-refractivity contribution in [3.8, 4) is 22.4 Å². The van der Waals surface area contributed by atoms with Crippen LogP contribution in [0.4, 0.5) is 0 Å². The third-order valence-electron chi connectivity index (χ3n) is 6.62. The molecule has 5 heteroatoms. The standard InChI is InChI=1S/C26H27ClN4/c1-16-23(17-7-10-20(27)11-8-17)25-29-24(18-6-5-13-28-15-18)21-14-19(26(2,3)4)9-12-22(21)31(25)30-16/h5-8,10-11,13,15,19H,9,12,14H2,1-4H3/t19-/m0/s1. The Balaban J connectivity index is 1.79. The summed E-state index contributed by atoms with van der Waals surface area (Å²) in [6, 6.07) is 12.0. The zero-order valence-electron chi connectivity index (χ0n) is 18.5. The minimum Gasteiger partial charge on any atom is -0.264 e. The van der Waals surface area contributed by atoms with Crippen molar-refractivity contribution in [3.63, 3.8) is 0 Å². The lowest BCUT2D eigenvalue weighted by molar-refractivity contribution is 0.214. The van der Waals surface area contributed by atoms with Crippen molar-refractivity contribution in [1.29, 1.82) is 0 Å². The first-order valence-corrected chi connectivity index (χ1v) is 11.3. The van der Waals surface area contributed by atoms with Gasteiger partial charge < -0.3 is 0 Å². The maximum absolute atomic E-state index is 6.14. The first kappa shape index (κ1) is 20.2. The van der Waals surface area contributed by atoms with Gasteiger partial charge >= 0.3 is 0 Å². The number of aromatic nitrogens is 4. The summed E-state index contributed by atoms with van der Waals surface area (Å²) in [5.74, 6) is 0.613. The van der Waals surface area contributed by atoms with Crippen LogP contribution in [-0.4, -0.2) is 19.6 Å². The van der Waals surface area contributed by atoms with Gasteiger partial charge in [0.15, 0.2) is 5.65 Å². The quantitative estimate of drug-likeness (QED) is 0.361. The number of rotatable bonds is 2. The van der Waals surface area contributed by atoms with E-state index in [1.807, 2.05) is 42.7 Å². The molecule has 5 rings (SSSR count). The summed E-state index contributed by atoms with van der Waals surface area (Å²) in [5.41, 5.74) is 9.02. The van der Waals surface area contributed by atoms with Gasteiger partial charge in [-0.2, -0.15) is 5.10 Å². The lowest BCUT2D eigenvalue weighted by Gasteiger charge is -2.35. The predicted octanol–water partition coefficient (Wildman–Crippen LogP) is 6.57. The molecule has 1 aliphatic carbocycles. The normalized spacial score (nSPS) is 16.5. The fourth-order valence-electron chi connectivity index (χ4n) is 4.81. The molecule has 0 unspecified atom stereocenters. The van der Waals surface area contributed by atoms with Crippen LogP contribution in [0.1, 0.15) is 44.1 Å². The monoisotopic (exact) mass is 430 g/mol. The van der Waals surface area contributed by atoms with Crippen molar-refractivity contribution in [1.82, 2.24) is 19.6 Å². The SMILES string of the molecule is Cc1nn2c3c(c(-c4cccnc4)nc2c1-c1ccc(Cl)cc1)C[C@@H](C(C)(C)C)CC3. The molecule has 3 aromatic heterocycles. The highest BCUT2D eigenvalue weighted by Gasteiger charge is 2.33. The molecule has 1 aliphatic rings. The van der Waals surface area contributed by atoms with Crippen molar-refractivity contribution in [2.24, 2.45) is 11.3 Å². The maximum Gasteiger partial charge on any atom is 0.164 e. The van der Waals surface area contributed by atoms with Crippen LogP contribution in [0, 0.1) is 18.3 Å². The van der Waals surface area contributed by atoms with Gasteiger partial charge in [-0.1, -0.05) is 44.5 Å². The Kier molecular flexibility index (Phi) is 4.86. The van der Waals surface area contributed by atoms with Gasteiger partial charge in [-0.25, -0.2) is 9.50 Å². The second-order valence-corrected chi connectivity index (χ2v) is 10.1. The summed E-state index contributed by atoms with van der Waals surface area (Å²) >= 11 is 6.14. The Labute approximate surface area is 188 Å². The number of pyridine rings is 1. The van der Waals surface area contributed by atoms with E-state index in [2.05, 4.69) is 43.3 Å². The van der Waals surface area contributed by atoms with E-state index in [4.69, 9.17) is 21.7 Å². The molecule has 3 heterocycles. The Bertz CT molecular complexity index is 1250. The third kappa shape index (κ3) is 3.53. The molecule has 158 valence electrons. The fraction of sp³-hybridized carbons (Fsp3) is 0.346. The first-order valence-electron chi connectivity index (χ1n) is 10.9. The van der Waals surface area contributed by atoms with Gasteiger partial charge in [0.25, 0.3) is 0 Å². The molecule has 0 spiro atoms. The van der Waals surface area contributed by atoms with E-state index in [0.717, 1.165) is 58.0 Å². The van der Waals surface area contributed by atoms with Crippen LogP contribution in [0.2, 0.25) is 5.02 Å². The van der Waals surface area contributed by atoms with E-state index >= 15 is 0 Å². The molecule has 31 heavy (non-hydrogen) atoms. The topological polar surface area (TPSA) is 43.1 Å². The Morgan fingerprint density at radius 1 is 1.06 bits per heavy atom. The zero-order chi connectivity index (χ0) is 21.8. The summed E-state index contributed by atoms with van der Waals surface area (Å²) in [4.78, 5) is 9.60. The summed E-state index contributed by atoms with van der Waals surface area (Å²) < 4.78 is 2.09. The molecule has 1 atom stereocenters. The average molecular weight is 431 g/mol. The van der Waals surface area contributed by atoms with Gasteiger partial charge in [0.1, 0.15) is 0 Å². The largest absolute Gasteiger partial charge is 0.264 e. The molecule has 0 aliphatic heterocycles. The molecular formula is C26H27ClN4. The molecule has 0 saturated carbocycles. The number of hydrogen-bond acceptors (Lipinski definition) is 3. The van der Waals surface area contributed by atoms with Crippen molar-refractivity contribution in [2.75, 3.05) is 0 Å². The van der Waals surface area contributed by atoms with E-state index in [0.29, 0.717) is 5.92 Å². The molecule has 0 N–H and O–H groups in total. The van der Waals surface area contributed by atoms with Gasteiger partial charge in [0.05, 0.1) is 11.4 Å². The molecule has 0 saturated heterocycles. The Morgan fingerprint density at radius 2 is 1.84 bits per heavy atom. The van der Waals surface area contributed by atoms with Crippen molar-refractivity contribution < 1.29 is 0 Å². The number of nitrogens with zero attached hydrogens (tertiary/aromatic N) is 4. The Hall–Kier alpha value is -2.72. The molecular weight excluding hydrogens is 404 g/mol. The molecule has 0 bridgehead atoms.